The zero-order valence-electron chi connectivity index (χ0n) is 40.6. The maximum absolute atomic E-state index is 14.4. The molecule has 16 nitrogen and oxygen atoms in total. The van der Waals surface area contributed by atoms with Gasteiger partial charge >= 0.3 is 5.97 Å². The van der Waals surface area contributed by atoms with Gasteiger partial charge in [-0.2, -0.15) is 0 Å². The van der Waals surface area contributed by atoms with Gasteiger partial charge in [-0.1, -0.05) is 85.2 Å². The summed E-state index contributed by atoms with van der Waals surface area (Å²) in [7, 11) is 10.1. The van der Waals surface area contributed by atoms with Crippen LogP contribution < -0.4 is 10.6 Å². The quantitative estimate of drug-likeness (QED) is 0.0851. The zero-order valence-corrected chi connectivity index (χ0v) is 40.6. The van der Waals surface area contributed by atoms with Gasteiger partial charge in [0.05, 0.1) is 75.7 Å². The minimum absolute atomic E-state index is 0.00212. The average Bonchev–Trinajstić information content (AvgIpc) is 3.73. The molecule has 0 aromatic heterocycles. The number of rotatable bonds is 30. The van der Waals surface area contributed by atoms with E-state index >= 15 is 0 Å². The molecule has 0 radical (unpaired) electrons. The smallest absolute Gasteiger partial charge is 0.329 e. The lowest BCUT2D eigenvalue weighted by atomic mass is 9.89. The number of carbonyl (C=O) groups is 5. The molecule has 1 fully saturated rings. The van der Waals surface area contributed by atoms with E-state index in [4.69, 9.17) is 28.4 Å². The van der Waals surface area contributed by atoms with Crippen molar-refractivity contribution in [2.45, 2.75) is 123 Å². The molecule has 2 N–H and O–H groups in total. The van der Waals surface area contributed by atoms with Crippen LogP contribution >= 0.6 is 0 Å². The second kappa shape index (κ2) is 29.0. The van der Waals surface area contributed by atoms with Crippen LogP contribution in [0.4, 0.5) is 0 Å². The number of nitrogens with one attached hydrogen (secondary N) is 2. The first-order valence-electron chi connectivity index (χ1n) is 22.7. The number of ether oxygens (including phenoxy) is 6. The number of likely N-dealkylation sites (tertiary alicyclic amines) is 1. The first-order chi connectivity index (χ1) is 29.9. The molecule has 0 saturated carbocycles. The minimum atomic E-state index is -0.980. The number of likely N-dealkylation sites (N-methyl/N-ethyl adjacent to an activating group) is 2. The highest BCUT2D eigenvalue weighted by Gasteiger charge is 2.43. The molecular formula is C47H81N5O11. The lowest BCUT2D eigenvalue weighted by Gasteiger charge is -2.41. The van der Waals surface area contributed by atoms with Gasteiger partial charge in [0.1, 0.15) is 18.7 Å². The summed E-state index contributed by atoms with van der Waals surface area (Å²) >= 11 is 0. The molecule has 1 saturated heterocycles. The maximum atomic E-state index is 14.4. The molecule has 9 atom stereocenters. The van der Waals surface area contributed by atoms with Crippen LogP contribution in [-0.4, -0.2) is 175 Å². The van der Waals surface area contributed by atoms with Gasteiger partial charge in [-0.15, -0.1) is 0 Å². The Bertz CT molecular complexity index is 1510. The van der Waals surface area contributed by atoms with Crippen LogP contribution in [0.25, 0.3) is 0 Å². The number of hydrogen-bond donors (Lipinski definition) is 2. The Hall–Kier alpha value is -3.67. The highest BCUT2D eigenvalue weighted by atomic mass is 16.6. The van der Waals surface area contributed by atoms with Crippen LogP contribution in [0.3, 0.4) is 0 Å². The fourth-order valence-electron chi connectivity index (χ4n) is 8.52. The number of amides is 4. The molecule has 1 unspecified atom stereocenters. The SMILES string of the molecule is CC[C@H](C)[C@@H](C(CC(=O)N1CCC[C@H]1[C@H](OC)[C@@H](C)C(=O)N[C@@H](Cc1ccccc1)C(=O)OCCOCCOCCOC)OC)N(C)C(=O)[C@@H](NC(=O)[C@H](C(C)C)N(C)C)C(C)C. The predicted molar refractivity (Wildman–Crippen MR) is 242 cm³/mol. The highest BCUT2D eigenvalue weighted by Crippen LogP contribution is 2.30. The molecule has 1 aliphatic rings. The van der Waals surface area contributed by atoms with Crippen LogP contribution in [0, 0.1) is 23.7 Å². The molecule has 16 heteroatoms. The summed E-state index contributed by atoms with van der Waals surface area (Å²) in [5.74, 6) is -2.61. The van der Waals surface area contributed by atoms with Crippen LogP contribution in [0.15, 0.2) is 30.3 Å². The number of hydrogen-bond acceptors (Lipinski definition) is 12. The van der Waals surface area contributed by atoms with E-state index in [9.17, 15) is 24.0 Å². The topological polar surface area (TPSA) is 175 Å². The average molecular weight is 892 g/mol. The van der Waals surface area contributed by atoms with Crippen molar-refractivity contribution in [1.82, 2.24) is 25.3 Å². The third-order valence-electron chi connectivity index (χ3n) is 12.1. The number of carbonyl (C=O) groups excluding carboxylic acids is 5. The van der Waals surface area contributed by atoms with E-state index in [1.165, 1.54) is 7.11 Å². The lowest BCUT2D eigenvalue weighted by molar-refractivity contribution is -0.151. The van der Waals surface area contributed by atoms with Crippen LogP contribution in [0.5, 0.6) is 0 Å². The van der Waals surface area contributed by atoms with E-state index in [-0.39, 0.29) is 61.5 Å². The van der Waals surface area contributed by atoms with Gasteiger partial charge in [-0.25, -0.2) is 4.79 Å². The summed E-state index contributed by atoms with van der Waals surface area (Å²) in [6.07, 6.45) is 0.881. The molecule has 1 aliphatic heterocycles. The Kier molecular flexibility index (Phi) is 25.5. The Morgan fingerprint density at radius 1 is 0.794 bits per heavy atom. The first-order valence-corrected chi connectivity index (χ1v) is 22.7. The lowest BCUT2D eigenvalue weighted by Crippen LogP contribution is -2.59. The molecule has 1 heterocycles. The van der Waals surface area contributed by atoms with E-state index in [2.05, 4.69) is 10.6 Å². The molecule has 0 spiro atoms. The minimum Gasteiger partial charge on any atom is -0.462 e. The normalized spacial score (nSPS) is 18.0. The van der Waals surface area contributed by atoms with Crippen molar-refractivity contribution in [2.75, 3.05) is 88.7 Å². The molecule has 4 amide bonds. The van der Waals surface area contributed by atoms with Gasteiger partial charge in [-0.05, 0) is 50.3 Å². The Morgan fingerprint density at radius 3 is 1.95 bits per heavy atom. The van der Waals surface area contributed by atoms with Crippen LogP contribution in [-0.2, 0) is 58.8 Å². The second-order valence-corrected chi connectivity index (χ2v) is 17.6. The second-order valence-electron chi connectivity index (χ2n) is 17.6. The maximum Gasteiger partial charge on any atom is 0.329 e. The number of nitrogens with zero attached hydrogens (tertiary/aromatic N) is 3. The monoisotopic (exact) mass is 892 g/mol. The van der Waals surface area contributed by atoms with E-state index in [1.807, 2.05) is 90.9 Å². The first kappa shape index (κ1) is 55.5. The molecule has 1 aromatic rings. The van der Waals surface area contributed by atoms with E-state index in [1.54, 1.807) is 38.0 Å². The van der Waals surface area contributed by atoms with Crippen molar-refractivity contribution in [3.05, 3.63) is 35.9 Å². The summed E-state index contributed by atoms with van der Waals surface area (Å²) in [6, 6.07) is 6.27. The summed E-state index contributed by atoms with van der Waals surface area (Å²) in [5, 5.41) is 5.95. The zero-order chi connectivity index (χ0) is 47.2. The standard InChI is InChI=1S/C47H81N5O11/c1-14-33(6)42(51(10)46(56)40(31(2)3)49-45(55)41(32(4)5)50(8)9)38(59-12)30-39(53)52-22-18-21-37(52)43(60-13)34(7)44(54)48-36(29-35-19-16-15-17-20-35)47(57)63-28-27-62-26-25-61-24-23-58-11/h15-17,19-20,31-34,36-38,40-43H,14,18,21-30H2,1-13H3,(H,48,54)(H,49,55)/t33-,34+,36-,37-,38?,40-,41-,42-,43+/m0/s1. The van der Waals surface area contributed by atoms with Crippen molar-refractivity contribution in [2.24, 2.45) is 23.7 Å². The molecule has 2 rings (SSSR count). The highest BCUT2D eigenvalue weighted by molar-refractivity contribution is 5.90. The molecule has 0 aliphatic carbocycles. The largest absolute Gasteiger partial charge is 0.462 e. The third kappa shape index (κ3) is 17.3. The summed E-state index contributed by atoms with van der Waals surface area (Å²) < 4.78 is 33.5. The molecule has 63 heavy (non-hydrogen) atoms. The summed E-state index contributed by atoms with van der Waals surface area (Å²) in [4.78, 5) is 74.9. The van der Waals surface area contributed by atoms with Gasteiger partial charge in [-0.3, -0.25) is 24.1 Å². The van der Waals surface area contributed by atoms with Gasteiger partial charge in [0.25, 0.3) is 0 Å². The molecule has 360 valence electrons. The fourth-order valence-corrected chi connectivity index (χ4v) is 8.52. The number of methoxy groups -OCH3 is 3. The molecular weight excluding hydrogens is 811 g/mol. The predicted octanol–water partition coefficient (Wildman–Crippen LogP) is 3.58. The van der Waals surface area contributed by atoms with Crippen LogP contribution in [0.2, 0.25) is 0 Å². The van der Waals surface area contributed by atoms with E-state index in [0.717, 1.165) is 5.56 Å². The van der Waals surface area contributed by atoms with Crippen molar-refractivity contribution >= 4 is 29.6 Å². The number of esters is 1. The Morgan fingerprint density at radius 2 is 1.41 bits per heavy atom. The van der Waals surface area contributed by atoms with Crippen molar-refractivity contribution in [3.63, 3.8) is 0 Å². The molecule has 1 aromatic carbocycles. The van der Waals surface area contributed by atoms with Gasteiger partial charge in [0.2, 0.25) is 23.6 Å². The van der Waals surface area contributed by atoms with Crippen LogP contribution in [0.1, 0.15) is 79.7 Å². The summed E-state index contributed by atoms with van der Waals surface area (Å²) in [5.41, 5.74) is 0.844. The van der Waals surface area contributed by atoms with Crippen molar-refractivity contribution < 1.29 is 52.4 Å². The van der Waals surface area contributed by atoms with E-state index < -0.39 is 60.2 Å². The third-order valence-corrected chi connectivity index (χ3v) is 12.1. The van der Waals surface area contributed by atoms with Gasteiger partial charge in [0, 0.05) is 41.3 Å². The fraction of sp³-hybridized carbons (Fsp3) is 0.766. The van der Waals surface area contributed by atoms with Gasteiger partial charge in [0.15, 0.2) is 0 Å². The van der Waals surface area contributed by atoms with E-state index in [0.29, 0.717) is 52.2 Å². The van der Waals surface area contributed by atoms with Crippen molar-refractivity contribution in [1.29, 1.82) is 0 Å². The van der Waals surface area contributed by atoms with Gasteiger partial charge < -0.3 is 48.9 Å². The van der Waals surface area contributed by atoms with Crippen molar-refractivity contribution in [3.8, 4) is 0 Å². The summed E-state index contributed by atoms with van der Waals surface area (Å²) in [6.45, 7) is 15.9. The Balaban J connectivity index is 2.23. The Labute approximate surface area is 377 Å². The molecule has 0 bridgehead atoms. The number of benzene rings is 1.